The minimum absolute atomic E-state index is 0.0671. The molecule has 2 N–H and O–H groups in total. The predicted molar refractivity (Wildman–Crippen MR) is 62.3 cm³/mol. The summed E-state index contributed by atoms with van der Waals surface area (Å²) in [4.78, 5) is 0. The number of rotatable bonds is 4. The first-order chi connectivity index (χ1) is 7.28. The zero-order valence-electron chi connectivity index (χ0n) is 8.64. The molecule has 0 aliphatic heterocycles. The zero-order valence-corrected chi connectivity index (χ0v) is 10.3. The molecule has 1 aromatic rings. The van der Waals surface area contributed by atoms with E-state index in [9.17, 15) is 5.11 Å². The molecule has 2 unspecified atom stereocenters. The van der Waals surface area contributed by atoms with Crippen LogP contribution in [0.15, 0.2) is 9.85 Å². The van der Waals surface area contributed by atoms with Gasteiger partial charge in [0.1, 0.15) is 5.51 Å². The van der Waals surface area contributed by atoms with Crippen molar-refractivity contribution < 1.29 is 5.11 Å². The zero-order chi connectivity index (χ0) is 10.7. The highest BCUT2D eigenvalue weighted by Gasteiger charge is 2.37. The highest BCUT2D eigenvalue weighted by atomic mass is 32.2. The van der Waals surface area contributed by atoms with Crippen LogP contribution in [0, 0.1) is 0 Å². The maximum Gasteiger partial charge on any atom is 0.174 e. The maximum absolute atomic E-state index is 9.36. The molecule has 1 fully saturated rings. The molecule has 0 bridgehead atoms. The largest absolute Gasteiger partial charge is 0.394 e. The molecule has 0 radical (unpaired) electrons. The lowest BCUT2D eigenvalue weighted by Crippen LogP contribution is -2.44. The predicted octanol–water partition coefficient (Wildman–Crippen LogP) is 1.13. The van der Waals surface area contributed by atoms with Gasteiger partial charge in [0, 0.05) is 10.8 Å². The summed E-state index contributed by atoms with van der Waals surface area (Å²) in [5, 5.41) is 21.0. The number of hydrogen-bond acceptors (Lipinski definition) is 6. The van der Waals surface area contributed by atoms with E-state index < -0.39 is 0 Å². The van der Waals surface area contributed by atoms with Gasteiger partial charge in [-0.3, -0.25) is 0 Å². The van der Waals surface area contributed by atoms with Gasteiger partial charge in [-0.15, -0.1) is 10.2 Å². The Morgan fingerprint density at radius 2 is 2.67 bits per heavy atom. The van der Waals surface area contributed by atoms with Crippen LogP contribution < -0.4 is 5.32 Å². The van der Waals surface area contributed by atoms with Crippen molar-refractivity contribution in [2.45, 2.75) is 34.4 Å². The Bertz CT molecular complexity index is 300. The van der Waals surface area contributed by atoms with E-state index in [-0.39, 0.29) is 12.1 Å². The molecule has 1 aromatic heterocycles. The van der Waals surface area contributed by atoms with E-state index >= 15 is 0 Å². The van der Waals surface area contributed by atoms with Crippen LogP contribution in [0.3, 0.4) is 0 Å². The third kappa shape index (κ3) is 2.50. The first kappa shape index (κ1) is 11.3. The van der Waals surface area contributed by atoms with E-state index in [1.165, 1.54) is 0 Å². The fraction of sp³-hybridized carbons (Fsp3) is 0.778. The lowest BCUT2D eigenvalue weighted by molar-refractivity contribution is 0.173. The van der Waals surface area contributed by atoms with Crippen molar-refractivity contribution in [3.05, 3.63) is 5.51 Å². The van der Waals surface area contributed by atoms with Gasteiger partial charge in [0.15, 0.2) is 4.34 Å². The molecule has 2 atom stereocenters. The van der Waals surface area contributed by atoms with Gasteiger partial charge >= 0.3 is 0 Å². The van der Waals surface area contributed by atoms with Crippen molar-refractivity contribution in [1.82, 2.24) is 15.5 Å². The molecule has 0 amide bonds. The summed E-state index contributed by atoms with van der Waals surface area (Å²) in [6, 6.07) is 0. The summed E-state index contributed by atoms with van der Waals surface area (Å²) in [6.07, 6.45) is 3.17. The average Bonchev–Trinajstić information content (AvgIpc) is 2.89. The first-order valence-electron chi connectivity index (χ1n) is 5.00. The molecule has 0 aromatic carbocycles. The SMILES string of the molecule is CNC1(CO)CCC(Sc2nncs2)C1. The van der Waals surface area contributed by atoms with Crippen LogP contribution in [0.2, 0.25) is 0 Å². The molecule has 1 aliphatic carbocycles. The molecule has 0 saturated heterocycles. The monoisotopic (exact) mass is 245 g/mol. The van der Waals surface area contributed by atoms with E-state index in [0.717, 1.165) is 23.6 Å². The summed E-state index contributed by atoms with van der Waals surface area (Å²) in [7, 11) is 1.92. The van der Waals surface area contributed by atoms with Crippen molar-refractivity contribution in [1.29, 1.82) is 0 Å². The minimum atomic E-state index is -0.0671. The number of nitrogens with one attached hydrogen (secondary N) is 1. The third-order valence-corrected chi connectivity index (χ3v) is 5.08. The topological polar surface area (TPSA) is 58.0 Å². The van der Waals surface area contributed by atoms with Crippen LogP contribution in [0.25, 0.3) is 0 Å². The minimum Gasteiger partial charge on any atom is -0.394 e. The fourth-order valence-electron chi connectivity index (χ4n) is 1.98. The Morgan fingerprint density at radius 1 is 1.80 bits per heavy atom. The number of hydrogen-bond donors (Lipinski definition) is 2. The van der Waals surface area contributed by atoms with Gasteiger partial charge in [-0.1, -0.05) is 23.1 Å². The molecular formula is C9H15N3OS2. The van der Waals surface area contributed by atoms with Gasteiger partial charge in [0.25, 0.3) is 0 Å². The average molecular weight is 245 g/mol. The summed E-state index contributed by atoms with van der Waals surface area (Å²) in [5.74, 6) is 0. The molecular weight excluding hydrogens is 230 g/mol. The Hall–Kier alpha value is -0.170. The Labute approximate surface area is 97.5 Å². The third-order valence-electron chi connectivity index (χ3n) is 3.00. The lowest BCUT2D eigenvalue weighted by atomic mass is 10.00. The molecule has 6 heteroatoms. The van der Waals surface area contributed by atoms with E-state index in [0.29, 0.717) is 5.25 Å². The molecule has 1 saturated carbocycles. The maximum atomic E-state index is 9.36. The summed E-state index contributed by atoms with van der Waals surface area (Å²) in [6.45, 7) is 0.219. The van der Waals surface area contributed by atoms with Crippen LogP contribution in [0.4, 0.5) is 0 Å². The van der Waals surface area contributed by atoms with E-state index in [4.69, 9.17) is 0 Å². The van der Waals surface area contributed by atoms with Crippen molar-refractivity contribution >= 4 is 23.1 Å². The van der Waals surface area contributed by atoms with E-state index in [2.05, 4.69) is 15.5 Å². The van der Waals surface area contributed by atoms with Gasteiger partial charge in [0.05, 0.1) is 6.61 Å². The highest BCUT2D eigenvalue weighted by molar-refractivity contribution is 8.01. The second kappa shape index (κ2) is 4.78. The molecule has 15 heavy (non-hydrogen) atoms. The number of aliphatic hydroxyl groups is 1. The van der Waals surface area contributed by atoms with Crippen LogP contribution in [-0.2, 0) is 0 Å². The molecule has 84 valence electrons. The van der Waals surface area contributed by atoms with Crippen LogP contribution in [0.5, 0.6) is 0 Å². The second-order valence-electron chi connectivity index (χ2n) is 3.88. The lowest BCUT2D eigenvalue weighted by Gasteiger charge is -2.26. The van der Waals surface area contributed by atoms with Gasteiger partial charge in [-0.05, 0) is 26.3 Å². The number of nitrogens with zero attached hydrogens (tertiary/aromatic N) is 2. The molecule has 2 rings (SSSR count). The van der Waals surface area contributed by atoms with Crippen molar-refractivity contribution in [2.24, 2.45) is 0 Å². The number of aliphatic hydroxyl groups excluding tert-OH is 1. The Balaban J connectivity index is 1.92. The quantitative estimate of drug-likeness (QED) is 0.833. The molecule has 4 nitrogen and oxygen atoms in total. The molecule has 0 spiro atoms. The Kier molecular flexibility index (Phi) is 3.60. The Morgan fingerprint density at radius 3 is 3.20 bits per heavy atom. The van der Waals surface area contributed by atoms with E-state index in [1.54, 1.807) is 28.6 Å². The van der Waals surface area contributed by atoms with Gasteiger partial charge < -0.3 is 10.4 Å². The van der Waals surface area contributed by atoms with Crippen molar-refractivity contribution in [3.8, 4) is 0 Å². The van der Waals surface area contributed by atoms with E-state index in [1.807, 2.05) is 7.05 Å². The second-order valence-corrected chi connectivity index (χ2v) is 6.26. The fourth-order valence-corrected chi connectivity index (χ4v) is 4.04. The summed E-state index contributed by atoms with van der Waals surface area (Å²) >= 11 is 3.37. The summed E-state index contributed by atoms with van der Waals surface area (Å²) in [5.41, 5.74) is 1.69. The standard InChI is InChI=1S/C9H15N3OS2/c1-10-9(5-13)3-2-7(4-9)15-8-12-11-6-14-8/h6-7,10,13H,2-5H2,1H3. The van der Waals surface area contributed by atoms with Crippen LogP contribution >= 0.6 is 23.1 Å². The van der Waals surface area contributed by atoms with Crippen molar-refractivity contribution in [2.75, 3.05) is 13.7 Å². The smallest absolute Gasteiger partial charge is 0.174 e. The van der Waals surface area contributed by atoms with Crippen molar-refractivity contribution in [3.63, 3.8) is 0 Å². The van der Waals surface area contributed by atoms with Gasteiger partial charge in [-0.2, -0.15) is 0 Å². The molecule has 1 aliphatic rings. The number of likely N-dealkylation sites (N-methyl/N-ethyl adjacent to an activating group) is 1. The van der Waals surface area contributed by atoms with Gasteiger partial charge in [0.2, 0.25) is 0 Å². The molecule has 1 heterocycles. The summed E-state index contributed by atoms with van der Waals surface area (Å²) < 4.78 is 1.03. The first-order valence-corrected chi connectivity index (χ1v) is 6.76. The van der Waals surface area contributed by atoms with Crippen LogP contribution in [-0.4, -0.2) is 39.7 Å². The van der Waals surface area contributed by atoms with Crippen LogP contribution in [0.1, 0.15) is 19.3 Å². The number of aromatic nitrogens is 2. The normalized spacial score (nSPS) is 30.9. The van der Waals surface area contributed by atoms with Gasteiger partial charge in [-0.25, -0.2) is 0 Å². The highest BCUT2D eigenvalue weighted by Crippen LogP contribution is 2.40. The number of thioether (sulfide) groups is 1.